The molecule has 1 aliphatic rings. The quantitative estimate of drug-likeness (QED) is 0.897. The fourth-order valence-corrected chi connectivity index (χ4v) is 2.09. The number of hydrogen-bond acceptors (Lipinski definition) is 4. The Labute approximate surface area is 135 Å². The normalized spacial score (nSPS) is 11.9. The summed E-state index contributed by atoms with van der Waals surface area (Å²) < 4.78 is 36.5. The van der Waals surface area contributed by atoms with E-state index in [0.29, 0.717) is 23.1 Å². The van der Waals surface area contributed by atoms with Gasteiger partial charge in [-0.15, -0.1) is 0 Å². The zero-order valence-electron chi connectivity index (χ0n) is 12.3. The van der Waals surface area contributed by atoms with Gasteiger partial charge in [0.1, 0.15) is 11.6 Å². The van der Waals surface area contributed by atoms with Crippen LogP contribution in [0, 0.1) is 11.6 Å². The maximum absolute atomic E-state index is 13.4. The van der Waals surface area contributed by atoms with Crippen molar-refractivity contribution in [3.8, 4) is 11.5 Å². The summed E-state index contributed by atoms with van der Waals surface area (Å²) in [5.41, 5.74) is 0.124. The van der Waals surface area contributed by atoms with Gasteiger partial charge in [0.2, 0.25) is 12.7 Å². The van der Waals surface area contributed by atoms with Crippen LogP contribution in [0.2, 0.25) is 0 Å². The average Bonchev–Trinajstić information content (AvgIpc) is 3.03. The molecule has 0 radical (unpaired) electrons. The highest BCUT2D eigenvalue weighted by atomic mass is 19.1. The van der Waals surface area contributed by atoms with Crippen molar-refractivity contribution >= 4 is 17.5 Å². The molecule has 2 N–H and O–H groups in total. The molecule has 3 rings (SSSR count). The van der Waals surface area contributed by atoms with Gasteiger partial charge in [-0.2, -0.15) is 0 Å². The van der Waals surface area contributed by atoms with Crippen molar-refractivity contribution in [2.75, 3.05) is 18.7 Å². The number of halogens is 2. The van der Waals surface area contributed by atoms with Crippen LogP contribution in [0.3, 0.4) is 0 Å². The second kappa shape index (κ2) is 6.53. The van der Waals surface area contributed by atoms with Crippen molar-refractivity contribution in [1.29, 1.82) is 0 Å². The molecule has 0 saturated heterocycles. The van der Waals surface area contributed by atoms with Gasteiger partial charge in [0, 0.05) is 11.6 Å². The first-order valence-corrected chi connectivity index (χ1v) is 6.95. The van der Waals surface area contributed by atoms with Crippen LogP contribution in [0.1, 0.15) is 10.4 Å². The minimum absolute atomic E-state index is 0.0893. The number of ether oxygens (including phenoxy) is 2. The molecular weight excluding hydrogens is 322 g/mol. The molecule has 2 aromatic carbocycles. The Balaban J connectivity index is 1.57. The largest absolute Gasteiger partial charge is 0.454 e. The number of carbonyl (C=O) groups excluding carboxylic acids is 2. The van der Waals surface area contributed by atoms with Gasteiger partial charge >= 0.3 is 0 Å². The number of carbonyl (C=O) groups is 2. The van der Waals surface area contributed by atoms with E-state index in [1.165, 1.54) is 12.1 Å². The number of fused-ring (bicyclic) bond motifs is 1. The molecule has 0 aromatic heterocycles. The van der Waals surface area contributed by atoms with Crippen molar-refractivity contribution in [2.24, 2.45) is 0 Å². The molecule has 0 unspecified atom stereocenters. The third kappa shape index (κ3) is 3.43. The van der Waals surface area contributed by atoms with Crippen LogP contribution in [0.25, 0.3) is 0 Å². The first-order chi connectivity index (χ1) is 11.5. The van der Waals surface area contributed by atoms with Gasteiger partial charge in [0.25, 0.3) is 5.91 Å². The SMILES string of the molecule is O=C(CNC(=O)c1ccc2c(c1)OCO2)Nc1ccc(F)cc1F. The second-order valence-corrected chi connectivity index (χ2v) is 4.92. The third-order valence-electron chi connectivity index (χ3n) is 3.25. The molecule has 2 aromatic rings. The number of benzene rings is 2. The van der Waals surface area contributed by atoms with Crippen LogP contribution in [-0.4, -0.2) is 25.2 Å². The van der Waals surface area contributed by atoms with Gasteiger partial charge in [-0.05, 0) is 30.3 Å². The Morgan fingerprint density at radius 2 is 1.83 bits per heavy atom. The Kier molecular flexibility index (Phi) is 4.28. The highest BCUT2D eigenvalue weighted by Gasteiger charge is 2.17. The fraction of sp³-hybridized carbons (Fsp3) is 0.125. The van der Waals surface area contributed by atoms with E-state index in [2.05, 4.69) is 10.6 Å². The molecule has 124 valence electrons. The number of rotatable bonds is 4. The highest BCUT2D eigenvalue weighted by Crippen LogP contribution is 2.32. The van der Waals surface area contributed by atoms with E-state index in [4.69, 9.17) is 9.47 Å². The molecule has 0 saturated carbocycles. The number of hydrogen-bond donors (Lipinski definition) is 2. The zero-order valence-corrected chi connectivity index (χ0v) is 12.3. The lowest BCUT2D eigenvalue weighted by Gasteiger charge is -2.08. The molecule has 24 heavy (non-hydrogen) atoms. The molecule has 1 heterocycles. The molecule has 0 atom stereocenters. The van der Waals surface area contributed by atoms with E-state index < -0.39 is 23.4 Å². The number of anilines is 1. The molecule has 0 bridgehead atoms. The molecule has 0 spiro atoms. The average molecular weight is 334 g/mol. The minimum atomic E-state index is -0.898. The van der Waals surface area contributed by atoms with Crippen LogP contribution in [0.15, 0.2) is 36.4 Å². The Hall–Kier alpha value is -3.16. The predicted molar refractivity (Wildman–Crippen MR) is 79.9 cm³/mol. The topological polar surface area (TPSA) is 76.7 Å². The van der Waals surface area contributed by atoms with Crippen LogP contribution < -0.4 is 20.1 Å². The molecule has 0 fully saturated rings. The monoisotopic (exact) mass is 334 g/mol. The van der Waals surface area contributed by atoms with E-state index in [0.717, 1.165) is 12.1 Å². The van der Waals surface area contributed by atoms with Crippen molar-refractivity contribution in [3.05, 3.63) is 53.6 Å². The number of amides is 2. The van der Waals surface area contributed by atoms with Gasteiger partial charge in [-0.3, -0.25) is 9.59 Å². The lowest BCUT2D eigenvalue weighted by Crippen LogP contribution is -2.33. The van der Waals surface area contributed by atoms with E-state index >= 15 is 0 Å². The summed E-state index contributed by atoms with van der Waals surface area (Å²) >= 11 is 0. The molecular formula is C16H12F2N2O4. The van der Waals surface area contributed by atoms with Crippen molar-refractivity contribution in [3.63, 3.8) is 0 Å². The molecule has 0 aliphatic carbocycles. The predicted octanol–water partition coefficient (Wildman–Crippen LogP) is 2.06. The Morgan fingerprint density at radius 1 is 1.04 bits per heavy atom. The number of nitrogens with one attached hydrogen (secondary N) is 2. The van der Waals surface area contributed by atoms with Crippen LogP contribution in [-0.2, 0) is 4.79 Å². The summed E-state index contributed by atoms with van der Waals surface area (Å²) in [5.74, 6) is -1.80. The van der Waals surface area contributed by atoms with Gasteiger partial charge < -0.3 is 20.1 Å². The van der Waals surface area contributed by atoms with Gasteiger partial charge in [-0.25, -0.2) is 8.78 Å². The second-order valence-electron chi connectivity index (χ2n) is 4.92. The summed E-state index contributed by atoms with van der Waals surface area (Å²) in [7, 11) is 0. The molecule has 2 amide bonds. The maximum Gasteiger partial charge on any atom is 0.251 e. The fourth-order valence-electron chi connectivity index (χ4n) is 2.09. The van der Waals surface area contributed by atoms with Crippen LogP contribution in [0.5, 0.6) is 11.5 Å². The summed E-state index contributed by atoms with van der Waals surface area (Å²) in [4.78, 5) is 23.7. The van der Waals surface area contributed by atoms with E-state index in [9.17, 15) is 18.4 Å². The van der Waals surface area contributed by atoms with Gasteiger partial charge in [0.15, 0.2) is 11.5 Å². The maximum atomic E-state index is 13.4. The van der Waals surface area contributed by atoms with Gasteiger partial charge in [-0.1, -0.05) is 0 Å². The Morgan fingerprint density at radius 3 is 2.62 bits per heavy atom. The first-order valence-electron chi connectivity index (χ1n) is 6.95. The smallest absolute Gasteiger partial charge is 0.251 e. The van der Waals surface area contributed by atoms with Crippen LogP contribution in [0.4, 0.5) is 14.5 Å². The third-order valence-corrected chi connectivity index (χ3v) is 3.25. The summed E-state index contributed by atoms with van der Waals surface area (Å²) in [6, 6.07) is 7.38. The molecule has 6 nitrogen and oxygen atoms in total. The van der Waals surface area contributed by atoms with Crippen molar-refractivity contribution < 1.29 is 27.8 Å². The first kappa shape index (κ1) is 15.7. The standard InChI is InChI=1S/C16H12F2N2O4/c17-10-2-3-12(11(18)6-10)20-15(21)7-19-16(22)9-1-4-13-14(5-9)24-8-23-13/h1-6H,7-8H2,(H,19,22)(H,20,21). The molecule has 8 heteroatoms. The lowest BCUT2D eigenvalue weighted by molar-refractivity contribution is -0.115. The summed E-state index contributed by atoms with van der Waals surface area (Å²) in [6.07, 6.45) is 0. The zero-order chi connectivity index (χ0) is 17.1. The van der Waals surface area contributed by atoms with Crippen LogP contribution >= 0.6 is 0 Å². The molecule has 1 aliphatic heterocycles. The Bertz CT molecular complexity index is 811. The van der Waals surface area contributed by atoms with Gasteiger partial charge in [0.05, 0.1) is 12.2 Å². The van der Waals surface area contributed by atoms with E-state index in [1.54, 1.807) is 6.07 Å². The summed E-state index contributed by atoms with van der Waals surface area (Å²) in [6.45, 7) is -0.282. The minimum Gasteiger partial charge on any atom is -0.454 e. The van der Waals surface area contributed by atoms with E-state index in [1.807, 2.05) is 0 Å². The van der Waals surface area contributed by atoms with E-state index in [-0.39, 0.29) is 19.0 Å². The van der Waals surface area contributed by atoms with Crippen molar-refractivity contribution in [1.82, 2.24) is 5.32 Å². The highest BCUT2D eigenvalue weighted by molar-refractivity contribution is 5.99. The van der Waals surface area contributed by atoms with Crippen molar-refractivity contribution in [2.45, 2.75) is 0 Å². The lowest BCUT2D eigenvalue weighted by atomic mass is 10.2. The summed E-state index contributed by atoms with van der Waals surface area (Å²) in [5, 5.41) is 4.64.